The molecule has 0 bridgehead atoms. The summed E-state index contributed by atoms with van der Waals surface area (Å²) in [6.07, 6.45) is 3.62. The molecule has 1 aliphatic heterocycles. The molecule has 2 atom stereocenters. The van der Waals surface area contributed by atoms with Crippen LogP contribution in [0.1, 0.15) is 57.4 Å². The van der Waals surface area contributed by atoms with Crippen LogP contribution in [0.15, 0.2) is 17.5 Å². The van der Waals surface area contributed by atoms with Crippen molar-refractivity contribution in [1.82, 2.24) is 10.2 Å². The minimum absolute atomic E-state index is 0.0411. The van der Waals surface area contributed by atoms with Crippen LogP contribution in [0.5, 0.6) is 0 Å². The third kappa shape index (κ3) is 4.70. The van der Waals surface area contributed by atoms with Crippen molar-refractivity contribution in [3.63, 3.8) is 0 Å². The average molecular weight is 339 g/mol. The van der Waals surface area contributed by atoms with Crippen LogP contribution >= 0.6 is 11.3 Å². The van der Waals surface area contributed by atoms with Crippen LogP contribution in [0, 0.1) is 11.8 Å². The fourth-order valence-electron chi connectivity index (χ4n) is 3.46. The van der Waals surface area contributed by atoms with Crippen molar-refractivity contribution in [2.24, 2.45) is 11.8 Å². The zero-order valence-electron chi connectivity index (χ0n) is 14.5. The first-order chi connectivity index (χ1) is 11.1. The number of hydrogen-bond donors (Lipinski definition) is 2. The van der Waals surface area contributed by atoms with E-state index in [1.165, 1.54) is 4.88 Å². The number of carbonyl (C=O) groups excluding carboxylic acids is 1. The summed E-state index contributed by atoms with van der Waals surface area (Å²) in [6, 6.07) is 4.31. The highest BCUT2D eigenvalue weighted by molar-refractivity contribution is 7.10. The minimum atomic E-state index is -0.274. The van der Waals surface area contributed by atoms with E-state index >= 15 is 0 Å². The van der Waals surface area contributed by atoms with Crippen LogP contribution in [-0.4, -0.2) is 35.2 Å². The van der Waals surface area contributed by atoms with Crippen molar-refractivity contribution in [3.8, 4) is 0 Å². The first kappa shape index (κ1) is 18.3. The van der Waals surface area contributed by atoms with Gasteiger partial charge in [0.05, 0.1) is 12.1 Å². The number of hydrogen-bond acceptors (Lipinski definition) is 3. The van der Waals surface area contributed by atoms with Gasteiger partial charge in [0.2, 0.25) is 0 Å². The summed E-state index contributed by atoms with van der Waals surface area (Å²) >= 11 is 1.72. The Morgan fingerprint density at radius 2 is 2.04 bits per heavy atom. The highest BCUT2D eigenvalue weighted by Gasteiger charge is 2.29. The van der Waals surface area contributed by atoms with Crippen LogP contribution in [0.2, 0.25) is 0 Å². The predicted molar refractivity (Wildman–Crippen MR) is 95.6 cm³/mol. The number of aliphatic hydroxyl groups excluding tert-OH is 1. The normalized spacial score (nSPS) is 18.9. The second-order valence-corrected chi connectivity index (χ2v) is 7.56. The number of urea groups is 1. The number of nitrogens with one attached hydrogen (secondary N) is 1. The van der Waals surface area contributed by atoms with Crippen molar-refractivity contribution in [1.29, 1.82) is 0 Å². The smallest absolute Gasteiger partial charge is 0.317 e. The van der Waals surface area contributed by atoms with E-state index in [9.17, 15) is 9.90 Å². The Labute approximate surface area is 143 Å². The van der Waals surface area contributed by atoms with Gasteiger partial charge in [-0.15, -0.1) is 11.3 Å². The molecule has 1 aromatic rings. The molecule has 2 unspecified atom stereocenters. The zero-order valence-corrected chi connectivity index (χ0v) is 15.3. The van der Waals surface area contributed by atoms with Gasteiger partial charge >= 0.3 is 6.03 Å². The van der Waals surface area contributed by atoms with Gasteiger partial charge in [0.1, 0.15) is 0 Å². The number of piperidine rings is 1. The van der Waals surface area contributed by atoms with E-state index in [4.69, 9.17) is 0 Å². The lowest BCUT2D eigenvalue weighted by molar-refractivity contribution is 0.0788. The van der Waals surface area contributed by atoms with Crippen molar-refractivity contribution < 1.29 is 9.90 Å². The monoisotopic (exact) mass is 338 g/mol. The predicted octanol–water partition coefficient (Wildman–Crippen LogP) is 4.03. The second kappa shape index (κ2) is 8.69. The molecule has 23 heavy (non-hydrogen) atoms. The highest BCUT2D eigenvalue weighted by atomic mass is 32.1. The van der Waals surface area contributed by atoms with Gasteiger partial charge in [-0.1, -0.05) is 32.8 Å². The topological polar surface area (TPSA) is 52.6 Å². The van der Waals surface area contributed by atoms with Crippen LogP contribution in [-0.2, 0) is 0 Å². The molecule has 0 saturated carbocycles. The Hall–Kier alpha value is -1.07. The molecule has 2 rings (SSSR count). The van der Waals surface area contributed by atoms with E-state index < -0.39 is 0 Å². The van der Waals surface area contributed by atoms with Gasteiger partial charge in [-0.05, 0) is 43.0 Å². The molecule has 1 saturated heterocycles. The number of carbonyl (C=O) groups is 1. The van der Waals surface area contributed by atoms with Gasteiger partial charge in [-0.25, -0.2) is 4.79 Å². The second-order valence-electron chi connectivity index (χ2n) is 6.58. The van der Waals surface area contributed by atoms with E-state index in [0.29, 0.717) is 11.8 Å². The van der Waals surface area contributed by atoms with Crippen LogP contribution in [0.4, 0.5) is 4.79 Å². The maximum atomic E-state index is 12.7. The molecule has 1 aromatic heterocycles. The number of nitrogens with zero attached hydrogens (tertiary/aromatic N) is 1. The number of aliphatic hydroxyl groups is 1. The molecule has 1 aliphatic rings. The van der Waals surface area contributed by atoms with E-state index in [0.717, 1.165) is 38.8 Å². The number of amides is 2. The van der Waals surface area contributed by atoms with Gasteiger partial charge in [-0.3, -0.25) is 0 Å². The Morgan fingerprint density at radius 3 is 2.52 bits per heavy atom. The summed E-state index contributed by atoms with van der Waals surface area (Å²) in [7, 11) is 0. The molecule has 1 fully saturated rings. The fraction of sp³-hybridized carbons (Fsp3) is 0.722. The average Bonchev–Trinajstić information content (AvgIpc) is 3.09. The number of rotatable bonds is 6. The van der Waals surface area contributed by atoms with Gasteiger partial charge in [0.25, 0.3) is 0 Å². The van der Waals surface area contributed by atoms with E-state index in [1.807, 2.05) is 11.8 Å². The lowest BCUT2D eigenvalue weighted by Crippen LogP contribution is -2.47. The molecule has 0 radical (unpaired) electrons. The van der Waals surface area contributed by atoms with Crippen molar-refractivity contribution in [2.45, 2.75) is 58.6 Å². The zero-order chi connectivity index (χ0) is 16.8. The first-order valence-electron chi connectivity index (χ1n) is 8.83. The first-order valence-corrected chi connectivity index (χ1v) is 9.71. The van der Waals surface area contributed by atoms with Crippen LogP contribution < -0.4 is 5.32 Å². The molecule has 130 valence electrons. The van der Waals surface area contributed by atoms with Gasteiger partial charge in [0, 0.05) is 18.0 Å². The highest BCUT2D eigenvalue weighted by Crippen LogP contribution is 2.31. The summed E-state index contributed by atoms with van der Waals surface area (Å²) in [5.74, 6) is 0.791. The molecule has 4 nitrogen and oxygen atoms in total. The third-order valence-electron chi connectivity index (χ3n) is 5.16. The van der Waals surface area contributed by atoms with Gasteiger partial charge in [0.15, 0.2) is 0 Å². The lowest BCUT2D eigenvalue weighted by atomic mass is 9.92. The summed E-state index contributed by atoms with van der Waals surface area (Å²) in [5, 5.41) is 15.0. The summed E-state index contributed by atoms with van der Waals surface area (Å²) in [5.41, 5.74) is 0. The van der Waals surface area contributed by atoms with Crippen molar-refractivity contribution >= 4 is 17.4 Å². The Kier molecular flexibility index (Phi) is 6.90. The van der Waals surface area contributed by atoms with Gasteiger partial charge in [-0.2, -0.15) is 0 Å². The number of thiophene rings is 1. The Morgan fingerprint density at radius 1 is 1.39 bits per heavy atom. The van der Waals surface area contributed by atoms with Crippen LogP contribution in [0.3, 0.4) is 0 Å². The quantitative estimate of drug-likeness (QED) is 0.823. The standard InChI is InChI=1S/C18H30N2O2S/c1-4-14(5-2)17(16-7-6-12-23-16)19-18(22)20-10-8-15(9-11-20)13(3)21/h6-7,12-15,17,21H,4-5,8-11H2,1-3H3,(H,19,22). The van der Waals surface area contributed by atoms with Gasteiger partial charge < -0.3 is 15.3 Å². The molecule has 2 heterocycles. The summed E-state index contributed by atoms with van der Waals surface area (Å²) in [6.45, 7) is 7.70. The fourth-order valence-corrected chi connectivity index (χ4v) is 4.33. The summed E-state index contributed by atoms with van der Waals surface area (Å²) in [4.78, 5) is 15.8. The molecule has 0 aromatic carbocycles. The van der Waals surface area contributed by atoms with E-state index in [-0.39, 0.29) is 18.2 Å². The Balaban J connectivity index is 1.98. The molecule has 2 amide bonds. The summed E-state index contributed by atoms with van der Waals surface area (Å²) < 4.78 is 0. The SMILES string of the molecule is CCC(CC)C(NC(=O)N1CCC(C(C)O)CC1)c1cccs1. The minimum Gasteiger partial charge on any atom is -0.393 e. The number of likely N-dealkylation sites (tertiary alicyclic amines) is 1. The van der Waals surface area contributed by atoms with E-state index in [2.05, 4.69) is 36.7 Å². The maximum absolute atomic E-state index is 12.7. The van der Waals surface area contributed by atoms with E-state index in [1.54, 1.807) is 11.3 Å². The van der Waals surface area contributed by atoms with Crippen molar-refractivity contribution in [3.05, 3.63) is 22.4 Å². The molecular formula is C18H30N2O2S. The van der Waals surface area contributed by atoms with Crippen molar-refractivity contribution in [2.75, 3.05) is 13.1 Å². The third-order valence-corrected chi connectivity index (χ3v) is 6.11. The Bertz CT molecular complexity index is 463. The molecule has 5 heteroatoms. The largest absolute Gasteiger partial charge is 0.393 e. The maximum Gasteiger partial charge on any atom is 0.317 e. The lowest BCUT2D eigenvalue weighted by Gasteiger charge is -2.35. The molecule has 0 aliphatic carbocycles. The molecule has 2 N–H and O–H groups in total. The molecular weight excluding hydrogens is 308 g/mol. The molecule has 0 spiro atoms. The van der Waals surface area contributed by atoms with Crippen LogP contribution in [0.25, 0.3) is 0 Å².